The van der Waals surface area contributed by atoms with Crippen LogP contribution in [-0.2, 0) is 23.5 Å². The van der Waals surface area contributed by atoms with Gasteiger partial charge in [-0.05, 0) is 36.3 Å². The molecule has 0 aliphatic carbocycles. The second-order valence-corrected chi connectivity index (χ2v) is 7.23. The van der Waals surface area contributed by atoms with Crippen LogP contribution in [0, 0.1) is 0 Å². The van der Waals surface area contributed by atoms with E-state index in [0.717, 1.165) is 24.3 Å². The van der Waals surface area contributed by atoms with Crippen molar-refractivity contribution in [2.24, 2.45) is 0 Å². The molecule has 1 N–H and O–H groups in total. The predicted octanol–water partition coefficient (Wildman–Crippen LogP) is 4.79. The molecule has 27 heavy (non-hydrogen) atoms. The minimum atomic E-state index is -4.62. The van der Waals surface area contributed by atoms with E-state index in [1.807, 2.05) is 0 Å². The Labute approximate surface area is 151 Å². The van der Waals surface area contributed by atoms with Gasteiger partial charge in [-0.1, -0.05) is 0 Å². The molecule has 0 aliphatic rings. The Morgan fingerprint density at radius 3 is 2.30 bits per heavy atom. The predicted molar refractivity (Wildman–Crippen MR) is 86.3 cm³/mol. The highest BCUT2D eigenvalue weighted by molar-refractivity contribution is 7.91. The molecule has 0 spiro atoms. The Hall–Kier alpha value is -2.27. The topological polar surface area (TPSA) is 64.6 Å². The second-order valence-electron chi connectivity index (χ2n) is 5.52. The molecule has 0 fully saturated rings. The van der Waals surface area contributed by atoms with Gasteiger partial charge in [0.1, 0.15) is 17.1 Å². The van der Waals surface area contributed by atoms with Crippen LogP contribution in [0.4, 0.5) is 26.3 Å². The molecule has 3 aromatic rings. The van der Waals surface area contributed by atoms with E-state index in [-0.39, 0.29) is 33.2 Å². The third kappa shape index (κ3) is 3.88. The zero-order chi connectivity index (χ0) is 20.0. The van der Waals surface area contributed by atoms with E-state index in [1.165, 1.54) is 6.92 Å². The standard InChI is InChI=1S/C16H11F6N3OS/c1-2-27(26)12-6-8(15(17,18)19)3-4-10(12)13-24-11-5-9(16(20,21)22)7-23-14(11)25-13/h3-7H,2H2,1H3,(H,23,24,25). The van der Waals surface area contributed by atoms with Crippen LogP contribution in [0.1, 0.15) is 18.1 Å². The van der Waals surface area contributed by atoms with E-state index in [2.05, 4.69) is 15.0 Å². The van der Waals surface area contributed by atoms with Crippen molar-refractivity contribution in [2.75, 3.05) is 5.75 Å². The van der Waals surface area contributed by atoms with Gasteiger partial charge in [-0.2, -0.15) is 26.3 Å². The monoisotopic (exact) mass is 407 g/mol. The summed E-state index contributed by atoms with van der Waals surface area (Å²) in [6, 6.07) is 3.43. The Balaban J connectivity index is 2.15. The Bertz CT molecular complexity index is 982. The first-order valence-electron chi connectivity index (χ1n) is 7.53. The number of H-pyrrole nitrogens is 1. The summed E-state index contributed by atoms with van der Waals surface area (Å²) in [5.41, 5.74) is -1.94. The highest BCUT2D eigenvalue weighted by Crippen LogP contribution is 2.36. The number of hydrogen-bond donors (Lipinski definition) is 1. The lowest BCUT2D eigenvalue weighted by atomic mass is 10.1. The smallest absolute Gasteiger partial charge is 0.417 e. The van der Waals surface area contributed by atoms with Gasteiger partial charge in [-0.15, -0.1) is 0 Å². The van der Waals surface area contributed by atoms with Crippen LogP contribution in [0.2, 0.25) is 0 Å². The first kappa shape index (κ1) is 19.5. The summed E-state index contributed by atoms with van der Waals surface area (Å²) in [5.74, 6) is 0.0488. The van der Waals surface area contributed by atoms with Crippen LogP contribution < -0.4 is 0 Å². The number of halogens is 6. The average Bonchev–Trinajstić information content (AvgIpc) is 3.02. The highest BCUT2D eigenvalue weighted by atomic mass is 32.2. The third-order valence-electron chi connectivity index (χ3n) is 3.74. The van der Waals surface area contributed by atoms with Gasteiger partial charge in [0.25, 0.3) is 0 Å². The van der Waals surface area contributed by atoms with Crippen LogP contribution in [0.25, 0.3) is 22.6 Å². The van der Waals surface area contributed by atoms with Crippen LogP contribution in [-0.4, -0.2) is 25.3 Å². The number of fused-ring (bicyclic) bond motifs is 1. The number of aromatic nitrogens is 3. The van der Waals surface area contributed by atoms with Gasteiger partial charge < -0.3 is 9.54 Å². The van der Waals surface area contributed by atoms with Crippen LogP contribution in [0.3, 0.4) is 0 Å². The van der Waals surface area contributed by atoms with E-state index in [4.69, 9.17) is 0 Å². The molecule has 3 rings (SSSR count). The number of nitrogens with zero attached hydrogens (tertiary/aromatic N) is 2. The van der Waals surface area contributed by atoms with Crippen molar-refractivity contribution in [3.05, 3.63) is 41.6 Å². The summed E-state index contributed by atoms with van der Waals surface area (Å²) < 4.78 is 89.5. The molecule has 11 heteroatoms. The third-order valence-corrected chi connectivity index (χ3v) is 5.09. The number of nitrogens with one attached hydrogen (secondary N) is 1. The molecule has 2 aromatic heterocycles. The van der Waals surface area contributed by atoms with Crippen molar-refractivity contribution < 1.29 is 30.9 Å². The number of alkyl halides is 6. The zero-order valence-corrected chi connectivity index (χ0v) is 14.4. The zero-order valence-electron chi connectivity index (χ0n) is 13.6. The highest BCUT2D eigenvalue weighted by Gasteiger charge is 2.34. The SMILES string of the molecule is CC[S+]([O-])c1cc(C(F)(F)F)ccc1-c1nc2cc(C(F)(F)F)cnc2[nH]1. The van der Waals surface area contributed by atoms with Gasteiger partial charge in [-0.3, -0.25) is 0 Å². The van der Waals surface area contributed by atoms with Crippen LogP contribution in [0.5, 0.6) is 0 Å². The lowest BCUT2D eigenvalue weighted by molar-refractivity contribution is -0.138. The molecule has 1 unspecified atom stereocenters. The molecule has 0 amide bonds. The molecule has 0 aliphatic heterocycles. The normalized spacial score (nSPS) is 13.9. The Morgan fingerprint density at radius 1 is 1.04 bits per heavy atom. The first-order chi connectivity index (χ1) is 12.5. The number of imidazole rings is 1. The number of pyridine rings is 1. The minimum Gasteiger partial charge on any atom is -0.611 e. The summed E-state index contributed by atoms with van der Waals surface area (Å²) >= 11 is -1.75. The first-order valence-corrected chi connectivity index (χ1v) is 8.85. The second kappa shape index (κ2) is 6.71. The molecule has 0 saturated heterocycles. The van der Waals surface area contributed by atoms with Crippen molar-refractivity contribution in [3.63, 3.8) is 0 Å². The molecule has 1 aromatic carbocycles. The van der Waals surface area contributed by atoms with Gasteiger partial charge >= 0.3 is 12.4 Å². The molecule has 1 atom stereocenters. The number of rotatable bonds is 3. The van der Waals surface area contributed by atoms with E-state index >= 15 is 0 Å². The summed E-state index contributed by atoms with van der Waals surface area (Å²) in [6.07, 6.45) is -8.60. The molecule has 2 heterocycles. The van der Waals surface area contributed by atoms with Crippen molar-refractivity contribution in [3.8, 4) is 11.4 Å². The fourth-order valence-corrected chi connectivity index (χ4v) is 3.40. The number of hydrogen-bond acceptors (Lipinski definition) is 3. The molecule has 0 radical (unpaired) electrons. The van der Waals surface area contributed by atoms with E-state index in [9.17, 15) is 30.9 Å². The number of benzene rings is 1. The summed E-state index contributed by atoms with van der Waals surface area (Å²) in [7, 11) is 0. The summed E-state index contributed by atoms with van der Waals surface area (Å²) in [5, 5.41) is 0. The van der Waals surface area contributed by atoms with Gasteiger partial charge in [0, 0.05) is 12.3 Å². The molecular weight excluding hydrogens is 396 g/mol. The van der Waals surface area contributed by atoms with Gasteiger partial charge in [-0.25, -0.2) is 9.97 Å². The van der Waals surface area contributed by atoms with Crippen molar-refractivity contribution in [2.45, 2.75) is 24.2 Å². The molecule has 144 valence electrons. The fraction of sp³-hybridized carbons (Fsp3) is 0.250. The van der Waals surface area contributed by atoms with Gasteiger partial charge in [0.05, 0.1) is 16.7 Å². The van der Waals surface area contributed by atoms with Gasteiger partial charge in [0.15, 0.2) is 10.5 Å². The maximum Gasteiger partial charge on any atom is 0.417 e. The Morgan fingerprint density at radius 2 is 1.70 bits per heavy atom. The molecule has 4 nitrogen and oxygen atoms in total. The molecular formula is C16H11F6N3OS. The molecule has 0 saturated carbocycles. The fourth-order valence-electron chi connectivity index (χ4n) is 2.42. The van der Waals surface area contributed by atoms with E-state index in [1.54, 1.807) is 0 Å². The summed E-state index contributed by atoms with van der Waals surface area (Å²) in [6.45, 7) is 1.54. The van der Waals surface area contributed by atoms with Crippen molar-refractivity contribution in [1.29, 1.82) is 0 Å². The quantitative estimate of drug-likeness (QED) is 0.502. The van der Waals surface area contributed by atoms with E-state index in [0.29, 0.717) is 6.20 Å². The minimum absolute atomic E-state index is 0.0117. The number of aromatic amines is 1. The lowest BCUT2D eigenvalue weighted by Gasteiger charge is -2.14. The van der Waals surface area contributed by atoms with Gasteiger partial charge in [0.2, 0.25) is 0 Å². The lowest BCUT2D eigenvalue weighted by Crippen LogP contribution is -2.11. The maximum atomic E-state index is 13.0. The average molecular weight is 407 g/mol. The van der Waals surface area contributed by atoms with Crippen molar-refractivity contribution >= 4 is 22.3 Å². The summed E-state index contributed by atoms with van der Waals surface area (Å²) in [4.78, 5) is 10.2. The van der Waals surface area contributed by atoms with Crippen molar-refractivity contribution in [1.82, 2.24) is 15.0 Å². The van der Waals surface area contributed by atoms with Crippen LogP contribution >= 0.6 is 0 Å². The molecule has 0 bridgehead atoms. The Kier molecular flexibility index (Phi) is 4.85. The van der Waals surface area contributed by atoms with Crippen LogP contribution in [0.15, 0.2) is 35.4 Å². The van der Waals surface area contributed by atoms with E-state index < -0.39 is 34.7 Å². The maximum absolute atomic E-state index is 13.0. The largest absolute Gasteiger partial charge is 0.611 e.